The van der Waals surface area contributed by atoms with E-state index in [0.29, 0.717) is 0 Å². The van der Waals surface area contributed by atoms with Crippen LogP contribution in [0.4, 0.5) is 0 Å². The number of rotatable bonds is 0. The zero-order chi connectivity index (χ0) is 3.58. The molecule has 0 atom stereocenters. The van der Waals surface area contributed by atoms with E-state index in [0.717, 1.165) is 0 Å². The Morgan fingerprint density at radius 1 is 0.714 bits per heavy atom. The molecule has 0 aliphatic rings. The maximum atomic E-state index is 2.46. The molecule has 0 heterocycles. The molecule has 0 spiro atoms. The molecule has 3 nitrogen and oxygen atoms in total. The number of hydrogen-bond donors (Lipinski definition) is 0. The van der Waals surface area contributed by atoms with Crippen molar-refractivity contribution in [2.45, 2.75) is 0 Å². The van der Waals surface area contributed by atoms with Gasteiger partial charge >= 0.3 is 64.7 Å². The van der Waals surface area contributed by atoms with Gasteiger partial charge in [0.25, 0.3) is 0 Å². The SMILES string of the molecule is O.O.O.[I][Ru]([I])[I]. The first-order chi connectivity index (χ1) is 1.73. The Kier molecular flexibility index (Phi) is 51.3. The van der Waals surface area contributed by atoms with Gasteiger partial charge in [-0.15, -0.1) is 0 Å². The minimum absolute atomic E-state index is 0. The number of hydrogen-bond acceptors (Lipinski definition) is 0. The van der Waals surface area contributed by atoms with Crippen LogP contribution >= 0.6 is 59.3 Å². The van der Waals surface area contributed by atoms with Crippen molar-refractivity contribution in [3.05, 3.63) is 0 Å². The molecule has 0 amide bonds. The first-order valence-electron chi connectivity index (χ1n) is 0.401. The Bertz CT molecular complexity index is 14.9. The van der Waals surface area contributed by atoms with Gasteiger partial charge in [0.05, 0.1) is 0 Å². The predicted octanol–water partition coefficient (Wildman–Crippen LogP) is 0.180. The van der Waals surface area contributed by atoms with E-state index in [1.165, 1.54) is 0 Å². The van der Waals surface area contributed by atoms with Crippen molar-refractivity contribution in [3.8, 4) is 0 Å². The van der Waals surface area contributed by atoms with Crippen LogP contribution in [0.3, 0.4) is 0 Å². The summed E-state index contributed by atoms with van der Waals surface area (Å²) in [5.74, 6) is 0. The van der Waals surface area contributed by atoms with Gasteiger partial charge in [0.1, 0.15) is 0 Å². The van der Waals surface area contributed by atoms with Crippen LogP contribution in [0.5, 0.6) is 0 Å². The molecule has 7 heavy (non-hydrogen) atoms. The first kappa shape index (κ1) is 22.6. The molecule has 0 unspecified atom stereocenters. The summed E-state index contributed by atoms with van der Waals surface area (Å²) in [4.78, 5) is 0. The van der Waals surface area contributed by atoms with E-state index in [4.69, 9.17) is 0 Å². The quantitative estimate of drug-likeness (QED) is 0.313. The van der Waals surface area contributed by atoms with Crippen LogP contribution < -0.4 is 0 Å². The van der Waals surface area contributed by atoms with Gasteiger partial charge < -0.3 is 16.4 Å². The molecule has 0 aliphatic carbocycles. The van der Waals surface area contributed by atoms with Crippen LogP contribution in [0.25, 0.3) is 0 Å². The Morgan fingerprint density at radius 3 is 0.714 bits per heavy atom. The average Bonchev–Trinajstić information content (AvgIpc) is 0.811. The molecule has 0 aliphatic heterocycles. The molecule has 53 valence electrons. The van der Waals surface area contributed by atoms with Crippen molar-refractivity contribution in [1.82, 2.24) is 0 Å². The summed E-state index contributed by atoms with van der Waals surface area (Å²) in [5, 5.41) is -0.260. The summed E-state index contributed by atoms with van der Waals surface area (Å²) in [5.41, 5.74) is 0. The number of halogens is 3. The fraction of sp³-hybridized carbons (Fsp3) is 0. The molecular formula is H6I3O3Ru. The topological polar surface area (TPSA) is 94.5 Å². The van der Waals surface area contributed by atoms with Gasteiger partial charge in [0.2, 0.25) is 0 Å². The van der Waals surface area contributed by atoms with Gasteiger partial charge in [-0.3, -0.25) is 0 Å². The van der Waals surface area contributed by atoms with Crippen LogP contribution in [0.15, 0.2) is 0 Å². The second kappa shape index (κ2) is 15.9. The Hall–Kier alpha value is 2.69. The molecule has 0 aromatic carbocycles. The molecule has 0 saturated heterocycles. The van der Waals surface area contributed by atoms with Crippen LogP contribution in [0.1, 0.15) is 0 Å². The van der Waals surface area contributed by atoms with E-state index in [2.05, 4.69) is 59.3 Å². The van der Waals surface area contributed by atoms with Crippen LogP contribution in [0, 0.1) is 0 Å². The summed E-state index contributed by atoms with van der Waals surface area (Å²) in [6.07, 6.45) is 0. The summed E-state index contributed by atoms with van der Waals surface area (Å²) in [6, 6.07) is 0. The van der Waals surface area contributed by atoms with Crippen molar-refractivity contribution in [3.63, 3.8) is 0 Å². The van der Waals surface area contributed by atoms with Crippen molar-refractivity contribution in [1.29, 1.82) is 0 Å². The van der Waals surface area contributed by atoms with Crippen molar-refractivity contribution < 1.29 is 21.8 Å². The monoisotopic (exact) mass is 537 g/mol. The fourth-order valence-corrected chi connectivity index (χ4v) is 0. The van der Waals surface area contributed by atoms with Crippen molar-refractivity contribution in [2.24, 2.45) is 0 Å². The van der Waals surface area contributed by atoms with Gasteiger partial charge in [-0.1, -0.05) is 0 Å². The van der Waals surface area contributed by atoms with Gasteiger partial charge in [-0.25, -0.2) is 0 Å². The maximum absolute atomic E-state index is 2.46. The Balaban J connectivity index is -0.0000000150. The predicted molar refractivity (Wildman–Crippen MR) is 52.9 cm³/mol. The van der Waals surface area contributed by atoms with Crippen molar-refractivity contribution in [2.75, 3.05) is 0 Å². The van der Waals surface area contributed by atoms with Gasteiger partial charge in [0, 0.05) is 0 Å². The van der Waals surface area contributed by atoms with E-state index in [1.807, 2.05) is 0 Å². The Morgan fingerprint density at radius 2 is 0.714 bits per heavy atom. The molecule has 0 aromatic rings. The molecule has 0 fully saturated rings. The van der Waals surface area contributed by atoms with E-state index in [9.17, 15) is 0 Å². The fourth-order valence-electron chi connectivity index (χ4n) is 0. The van der Waals surface area contributed by atoms with E-state index >= 15 is 0 Å². The molecule has 0 aromatic heterocycles. The zero-order valence-electron chi connectivity index (χ0n) is 2.99. The van der Waals surface area contributed by atoms with Gasteiger partial charge in [-0.05, 0) is 0 Å². The Labute approximate surface area is 79.4 Å². The second-order valence-corrected chi connectivity index (χ2v) is 40.3. The van der Waals surface area contributed by atoms with Crippen LogP contribution in [-0.2, 0) is 5.41 Å². The third-order valence-corrected chi connectivity index (χ3v) is 0. The zero-order valence-corrected chi connectivity index (χ0v) is 11.2. The van der Waals surface area contributed by atoms with E-state index in [-0.39, 0.29) is 21.8 Å². The van der Waals surface area contributed by atoms with Crippen molar-refractivity contribution >= 4 is 59.3 Å². The van der Waals surface area contributed by atoms with Gasteiger partial charge in [0.15, 0.2) is 0 Å². The second-order valence-electron chi connectivity index (χ2n) is 0.152. The molecule has 0 bridgehead atoms. The molecule has 0 radical (unpaired) electrons. The molecule has 7 heteroatoms. The van der Waals surface area contributed by atoms with E-state index < -0.39 is 0 Å². The first-order valence-corrected chi connectivity index (χ1v) is 15.9. The average molecular weight is 536 g/mol. The molecule has 0 saturated carbocycles. The summed E-state index contributed by atoms with van der Waals surface area (Å²) in [7, 11) is 0. The molecule has 6 N–H and O–H groups in total. The van der Waals surface area contributed by atoms with E-state index in [1.54, 1.807) is 0 Å². The van der Waals surface area contributed by atoms with Gasteiger partial charge in [-0.2, -0.15) is 0 Å². The summed E-state index contributed by atoms with van der Waals surface area (Å²) < 4.78 is 0. The third-order valence-electron chi connectivity index (χ3n) is 0. The molecule has 0 rings (SSSR count). The van der Waals surface area contributed by atoms with Crippen LogP contribution in [0.2, 0.25) is 0 Å². The standard InChI is InChI=1S/3HI.3H2O.Ru/h3*1H;3*1H2;/q;;;;;;+3/p-3. The van der Waals surface area contributed by atoms with Crippen LogP contribution in [-0.4, -0.2) is 16.4 Å². The summed E-state index contributed by atoms with van der Waals surface area (Å²) >= 11 is 7.38. The normalized spacial score (nSPS) is 6.43. The molecular weight excluding hydrogens is 530 g/mol. The minimum atomic E-state index is -0.260. The third kappa shape index (κ3) is 53.7. The summed E-state index contributed by atoms with van der Waals surface area (Å²) in [6.45, 7) is 0.